The zero-order valence-corrected chi connectivity index (χ0v) is 24.9. The van der Waals surface area contributed by atoms with Gasteiger partial charge < -0.3 is 4.79 Å². The Labute approximate surface area is 231 Å². The molecule has 0 radical (unpaired) electrons. The molecule has 4 nitrogen and oxygen atoms in total. The van der Waals surface area contributed by atoms with Crippen molar-refractivity contribution < 1.29 is 19.2 Å². The number of Topliss-reactive ketones (excluding diaryl/α,β-unsaturated/α-hetero) is 3. The van der Waals surface area contributed by atoms with Crippen LogP contribution in [0.1, 0.15) is 125 Å². The van der Waals surface area contributed by atoms with Gasteiger partial charge in [-0.3, -0.25) is 14.4 Å². The molecule has 4 heteroatoms. The van der Waals surface area contributed by atoms with Crippen molar-refractivity contribution in [2.45, 2.75) is 125 Å². The topological polar surface area (TPSA) is 68.3 Å². The van der Waals surface area contributed by atoms with Crippen LogP contribution in [0, 0.1) is 29.1 Å². The Morgan fingerprint density at radius 3 is 1.61 bits per heavy atom. The molecule has 0 N–H and O–H groups in total. The fraction of sp³-hybridized carbons (Fsp3) is 0.706. The van der Waals surface area contributed by atoms with E-state index in [2.05, 4.69) is 46.8 Å². The minimum atomic E-state index is 0.136. The van der Waals surface area contributed by atoms with Gasteiger partial charge in [0.25, 0.3) is 0 Å². The maximum absolute atomic E-state index is 10.8. The van der Waals surface area contributed by atoms with Gasteiger partial charge in [-0.05, 0) is 109 Å². The minimum absolute atomic E-state index is 0.136. The van der Waals surface area contributed by atoms with Gasteiger partial charge in [0.2, 0.25) is 0 Å². The fourth-order valence-corrected chi connectivity index (χ4v) is 6.11. The van der Waals surface area contributed by atoms with Gasteiger partial charge in [-0.25, -0.2) is 0 Å². The normalized spacial score (nSPS) is 27.7. The Morgan fingerprint density at radius 2 is 1.34 bits per heavy atom. The zero-order valence-electron chi connectivity index (χ0n) is 24.9. The summed E-state index contributed by atoms with van der Waals surface area (Å²) >= 11 is 0. The minimum Gasteiger partial charge on any atom is -0.300 e. The Bertz CT molecular complexity index is 896. The van der Waals surface area contributed by atoms with Crippen molar-refractivity contribution in [2.24, 2.45) is 29.1 Å². The van der Waals surface area contributed by atoms with Crippen LogP contribution in [-0.2, 0) is 19.2 Å². The van der Waals surface area contributed by atoms with E-state index in [4.69, 9.17) is 0 Å². The van der Waals surface area contributed by atoms with Crippen LogP contribution in [0.3, 0.4) is 0 Å². The molecule has 0 amide bonds. The first kappa shape index (κ1) is 32.1. The second-order valence-corrected chi connectivity index (χ2v) is 13.2. The van der Waals surface area contributed by atoms with Crippen molar-refractivity contribution in [1.82, 2.24) is 0 Å². The number of rotatable bonds is 6. The van der Waals surface area contributed by atoms with Crippen LogP contribution in [0.2, 0.25) is 0 Å². The molecule has 4 saturated carbocycles. The molecule has 4 bridgehead atoms. The van der Waals surface area contributed by atoms with E-state index in [1.54, 1.807) is 13.0 Å². The number of hydrogen-bond acceptors (Lipinski definition) is 4. The van der Waals surface area contributed by atoms with Gasteiger partial charge in [0, 0.05) is 37.5 Å². The predicted octanol–water partition coefficient (Wildman–Crippen LogP) is 8.34. The molecular formula is C34H52O4. The van der Waals surface area contributed by atoms with Crippen LogP contribution < -0.4 is 0 Å². The summed E-state index contributed by atoms with van der Waals surface area (Å²) in [6, 6.07) is 0. The van der Waals surface area contributed by atoms with E-state index in [0.717, 1.165) is 43.9 Å². The maximum atomic E-state index is 10.8. The van der Waals surface area contributed by atoms with E-state index in [0.29, 0.717) is 36.2 Å². The first-order valence-corrected chi connectivity index (χ1v) is 14.9. The van der Waals surface area contributed by atoms with Crippen LogP contribution in [0.25, 0.3) is 0 Å². The lowest BCUT2D eigenvalue weighted by molar-refractivity contribution is -0.122. The first-order chi connectivity index (χ1) is 17.8. The lowest BCUT2D eigenvalue weighted by Gasteiger charge is -2.10. The highest BCUT2D eigenvalue weighted by Crippen LogP contribution is 2.42. The summed E-state index contributed by atoms with van der Waals surface area (Å²) in [5.74, 6) is 4.22. The number of allylic oxidation sites excluding steroid dienone is 6. The first-order valence-electron chi connectivity index (χ1n) is 14.9. The molecule has 0 heterocycles. The summed E-state index contributed by atoms with van der Waals surface area (Å²) in [7, 11) is 0. The standard InChI is InChI=1S/C13H22O.3C7H10O/c1-11(2)7-5-8-12(3)9-6-10-13(4)14;2*8-7-4-5-1-2-6(7)3-5;1-7(2)4-3-6(8)5-7/h7,9H,5-6,8,10H2,1-4H3;2*5-6H,1-4H2;3-4H,5H2,1-2H3/b12-9-;;;. The Balaban J connectivity index is 0.000000183. The maximum Gasteiger partial charge on any atom is 0.156 e. The summed E-state index contributed by atoms with van der Waals surface area (Å²) < 4.78 is 0. The molecule has 0 spiro atoms. The number of fused-ring (bicyclic) bond motifs is 4. The summed E-state index contributed by atoms with van der Waals surface area (Å²) in [6.45, 7) is 12.2. The molecule has 0 aromatic heterocycles. The highest BCUT2D eigenvalue weighted by Gasteiger charge is 2.38. The van der Waals surface area contributed by atoms with Crippen molar-refractivity contribution in [3.05, 3.63) is 35.5 Å². The van der Waals surface area contributed by atoms with E-state index in [-0.39, 0.29) is 17.0 Å². The van der Waals surface area contributed by atoms with E-state index in [1.165, 1.54) is 49.7 Å². The highest BCUT2D eigenvalue weighted by molar-refractivity contribution is 5.92. The van der Waals surface area contributed by atoms with Crippen LogP contribution in [0.5, 0.6) is 0 Å². The van der Waals surface area contributed by atoms with Crippen molar-refractivity contribution in [2.75, 3.05) is 0 Å². The summed E-state index contributed by atoms with van der Waals surface area (Å²) in [5.41, 5.74) is 2.90. The SMILES string of the molecule is CC(=O)CC/C=C(/C)CCC=C(C)C.CC1(C)C=CC(=O)C1.O=C1CC2CCC1C2.O=C1CC2CCC1C2. The predicted molar refractivity (Wildman–Crippen MR) is 156 cm³/mol. The largest absolute Gasteiger partial charge is 0.300 e. The van der Waals surface area contributed by atoms with E-state index >= 15 is 0 Å². The molecule has 5 aliphatic rings. The Hall–Kier alpha value is -2.10. The van der Waals surface area contributed by atoms with Crippen LogP contribution in [0.15, 0.2) is 35.5 Å². The summed E-state index contributed by atoms with van der Waals surface area (Å²) in [4.78, 5) is 42.9. The monoisotopic (exact) mass is 524 g/mol. The van der Waals surface area contributed by atoms with Crippen LogP contribution in [-0.4, -0.2) is 23.1 Å². The zero-order chi connectivity index (χ0) is 28.3. The molecule has 38 heavy (non-hydrogen) atoms. The van der Waals surface area contributed by atoms with Crippen molar-refractivity contribution in [1.29, 1.82) is 0 Å². The van der Waals surface area contributed by atoms with Crippen LogP contribution >= 0.6 is 0 Å². The molecule has 0 aliphatic heterocycles. The van der Waals surface area contributed by atoms with E-state index in [1.807, 2.05) is 6.08 Å². The second-order valence-electron chi connectivity index (χ2n) is 13.2. The van der Waals surface area contributed by atoms with Gasteiger partial charge in [-0.15, -0.1) is 0 Å². The third kappa shape index (κ3) is 12.2. The molecule has 4 unspecified atom stereocenters. The molecule has 212 valence electrons. The smallest absolute Gasteiger partial charge is 0.156 e. The third-order valence-corrected chi connectivity index (χ3v) is 8.40. The molecule has 5 aliphatic carbocycles. The lowest BCUT2D eigenvalue weighted by atomic mass is 9.93. The quantitative estimate of drug-likeness (QED) is 0.327. The number of carbonyl (C=O) groups is 4. The molecular weight excluding hydrogens is 472 g/mol. The number of ketones is 4. The molecule has 0 saturated heterocycles. The van der Waals surface area contributed by atoms with Gasteiger partial charge in [0.05, 0.1) is 0 Å². The summed E-state index contributed by atoms with van der Waals surface area (Å²) in [6.07, 6.45) is 21.9. The number of carbonyl (C=O) groups excluding carboxylic acids is 4. The molecule has 4 atom stereocenters. The van der Waals surface area contributed by atoms with Gasteiger partial charge in [0.15, 0.2) is 5.78 Å². The van der Waals surface area contributed by atoms with E-state index in [9.17, 15) is 19.2 Å². The molecule has 0 aromatic rings. The molecule has 5 rings (SSSR count). The van der Waals surface area contributed by atoms with Crippen LogP contribution in [0.4, 0.5) is 0 Å². The average Bonchev–Trinajstić information content (AvgIpc) is 3.63. The molecule has 0 aromatic carbocycles. The van der Waals surface area contributed by atoms with Gasteiger partial charge in [0.1, 0.15) is 17.3 Å². The second kappa shape index (κ2) is 15.5. The van der Waals surface area contributed by atoms with Crippen molar-refractivity contribution in [3.8, 4) is 0 Å². The molecule has 4 fully saturated rings. The van der Waals surface area contributed by atoms with Gasteiger partial charge in [-0.2, -0.15) is 0 Å². The average molecular weight is 525 g/mol. The number of hydrogen-bond donors (Lipinski definition) is 0. The summed E-state index contributed by atoms with van der Waals surface area (Å²) in [5, 5.41) is 0. The third-order valence-electron chi connectivity index (χ3n) is 8.40. The Kier molecular flexibility index (Phi) is 13.1. The van der Waals surface area contributed by atoms with Crippen molar-refractivity contribution >= 4 is 23.1 Å². The van der Waals surface area contributed by atoms with Gasteiger partial charge >= 0.3 is 0 Å². The van der Waals surface area contributed by atoms with E-state index < -0.39 is 0 Å². The Morgan fingerprint density at radius 1 is 0.816 bits per heavy atom. The van der Waals surface area contributed by atoms with Gasteiger partial charge in [-0.1, -0.05) is 43.2 Å². The highest BCUT2D eigenvalue weighted by atomic mass is 16.1. The fourth-order valence-electron chi connectivity index (χ4n) is 6.11. The van der Waals surface area contributed by atoms with Crippen molar-refractivity contribution in [3.63, 3.8) is 0 Å². The lowest BCUT2D eigenvalue weighted by Crippen LogP contribution is -2.07.